The van der Waals surface area contributed by atoms with Crippen molar-refractivity contribution in [3.63, 3.8) is 0 Å². The summed E-state index contributed by atoms with van der Waals surface area (Å²) in [4.78, 5) is 11.4. The van der Waals surface area contributed by atoms with Gasteiger partial charge in [0.05, 0.1) is 12.7 Å². The predicted octanol–water partition coefficient (Wildman–Crippen LogP) is 3.75. The van der Waals surface area contributed by atoms with Gasteiger partial charge in [-0.1, -0.05) is 0 Å². The van der Waals surface area contributed by atoms with Crippen LogP contribution in [0.4, 0.5) is 9.18 Å². The van der Waals surface area contributed by atoms with E-state index in [2.05, 4.69) is 5.32 Å². The quantitative estimate of drug-likeness (QED) is 0.919. The third-order valence-corrected chi connectivity index (χ3v) is 4.75. The summed E-state index contributed by atoms with van der Waals surface area (Å²) in [6.45, 7) is 2.19. The van der Waals surface area contributed by atoms with E-state index in [-0.39, 0.29) is 24.1 Å². The minimum Gasteiger partial charge on any atom is -0.490 e. The van der Waals surface area contributed by atoms with Crippen molar-refractivity contribution in [2.45, 2.75) is 64.0 Å². The maximum atomic E-state index is 13.8. The minimum absolute atomic E-state index is 0.104. The largest absolute Gasteiger partial charge is 0.490 e. The number of hydrogen-bond acceptors (Lipinski definition) is 3. The molecule has 0 spiro atoms. The number of rotatable bonds is 4. The van der Waals surface area contributed by atoms with Crippen LogP contribution in [-0.2, 0) is 17.6 Å². The molecule has 23 heavy (non-hydrogen) atoms. The third-order valence-electron chi connectivity index (χ3n) is 4.75. The van der Waals surface area contributed by atoms with E-state index in [0.29, 0.717) is 6.61 Å². The van der Waals surface area contributed by atoms with Gasteiger partial charge in [-0.05, 0) is 69.6 Å². The zero-order chi connectivity index (χ0) is 16.2. The molecule has 0 aromatic heterocycles. The van der Waals surface area contributed by atoms with Crippen molar-refractivity contribution in [3.8, 4) is 5.75 Å². The van der Waals surface area contributed by atoms with Gasteiger partial charge in [0, 0.05) is 11.6 Å². The average molecular weight is 321 g/mol. The molecular weight excluding hydrogens is 297 g/mol. The lowest BCUT2D eigenvalue weighted by Gasteiger charge is -2.29. The highest BCUT2D eigenvalue weighted by molar-refractivity contribution is 5.67. The number of alkyl carbamates (subject to hydrolysis) is 1. The van der Waals surface area contributed by atoms with Crippen LogP contribution in [0.1, 0.15) is 50.2 Å². The van der Waals surface area contributed by atoms with Gasteiger partial charge < -0.3 is 14.8 Å². The average Bonchev–Trinajstić information content (AvgIpc) is 3.03. The zero-order valence-electron chi connectivity index (χ0n) is 13.6. The number of carbonyl (C=O) groups excluding carboxylic acids is 1. The number of halogens is 1. The summed E-state index contributed by atoms with van der Waals surface area (Å²) in [6.07, 6.45) is 6.07. The van der Waals surface area contributed by atoms with Crippen LogP contribution >= 0.6 is 0 Å². The molecule has 4 nitrogen and oxygen atoms in total. The number of nitrogens with one attached hydrogen (secondary N) is 1. The van der Waals surface area contributed by atoms with E-state index in [0.717, 1.165) is 61.8 Å². The van der Waals surface area contributed by atoms with Crippen LogP contribution in [-0.4, -0.2) is 24.8 Å². The van der Waals surface area contributed by atoms with Crippen LogP contribution < -0.4 is 10.1 Å². The summed E-state index contributed by atoms with van der Waals surface area (Å²) in [5.41, 5.74) is 1.89. The molecule has 1 N–H and O–H groups in total. The summed E-state index contributed by atoms with van der Waals surface area (Å²) >= 11 is 0. The van der Waals surface area contributed by atoms with Crippen molar-refractivity contribution in [3.05, 3.63) is 29.1 Å². The normalized spacial score (nSPS) is 23.2. The molecule has 0 unspecified atom stereocenters. The summed E-state index contributed by atoms with van der Waals surface area (Å²) in [6, 6.07) is 3.45. The van der Waals surface area contributed by atoms with E-state index >= 15 is 0 Å². The number of amides is 1. The van der Waals surface area contributed by atoms with Gasteiger partial charge in [-0.25, -0.2) is 9.18 Å². The topological polar surface area (TPSA) is 47.6 Å². The van der Waals surface area contributed by atoms with E-state index in [4.69, 9.17) is 9.47 Å². The molecule has 3 rings (SSSR count). The van der Waals surface area contributed by atoms with Gasteiger partial charge in [0.15, 0.2) is 0 Å². The number of carbonyl (C=O) groups is 1. The first-order valence-corrected chi connectivity index (χ1v) is 8.57. The molecule has 1 saturated carbocycles. The Morgan fingerprint density at radius 2 is 1.96 bits per heavy atom. The van der Waals surface area contributed by atoms with Gasteiger partial charge in [0.2, 0.25) is 0 Å². The number of fused-ring (bicyclic) bond motifs is 1. The lowest BCUT2D eigenvalue weighted by molar-refractivity contribution is 0.122. The fourth-order valence-electron chi connectivity index (χ4n) is 3.58. The smallest absolute Gasteiger partial charge is 0.407 e. The fourth-order valence-corrected chi connectivity index (χ4v) is 3.58. The Kier molecular flexibility index (Phi) is 5.03. The SMILES string of the molecule is CCOC(=O)NC1CCC(Oc2ccc(F)c3c2CCC3)CC1. The molecule has 0 heterocycles. The molecule has 126 valence electrons. The Balaban J connectivity index is 1.54. The van der Waals surface area contributed by atoms with Crippen molar-refractivity contribution in [2.75, 3.05) is 6.61 Å². The maximum absolute atomic E-state index is 13.8. The molecule has 2 aliphatic carbocycles. The molecular formula is C18H24FNO3. The van der Waals surface area contributed by atoms with E-state index in [9.17, 15) is 9.18 Å². The van der Waals surface area contributed by atoms with Crippen LogP contribution in [0.15, 0.2) is 12.1 Å². The first-order chi connectivity index (χ1) is 11.2. The van der Waals surface area contributed by atoms with Crippen molar-refractivity contribution >= 4 is 6.09 Å². The van der Waals surface area contributed by atoms with E-state index in [1.165, 1.54) is 6.07 Å². The molecule has 0 aliphatic heterocycles. The number of hydrogen-bond donors (Lipinski definition) is 1. The molecule has 1 amide bonds. The standard InChI is InChI=1S/C18H24FNO3/c1-2-22-18(21)20-12-6-8-13(9-7-12)23-17-11-10-16(19)14-4-3-5-15(14)17/h10-13H,2-9H2,1H3,(H,20,21). The van der Waals surface area contributed by atoms with E-state index in [1.54, 1.807) is 13.0 Å². The molecule has 0 radical (unpaired) electrons. The first kappa shape index (κ1) is 16.1. The minimum atomic E-state index is -0.340. The second kappa shape index (κ2) is 7.20. The zero-order valence-corrected chi connectivity index (χ0v) is 13.6. The van der Waals surface area contributed by atoms with Crippen molar-refractivity contribution in [2.24, 2.45) is 0 Å². The summed E-state index contributed by atoms with van der Waals surface area (Å²) in [7, 11) is 0. The summed E-state index contributed by atoms with van der Waals surface area (Å²) in [5.74, 6) is 0.743. The fraction of sp³-hybridized carbons (Fsp3) is 0.611. The van der Waals surface area contributed by atoms with Gasteiger partial charge in [-0.3, -0.25) is 0 Å². The number of ether oxygens (including phenoxy) is 2. The highest BCUT2D eigenvalue weighted by Gasteiger charge is 2.26. The highest BCUT2D eigenvalue weighted by atomic mass is 19.1. The second-order valence-electron chi connectivity index (χ2n) is 6.31. The summed E-state index contributed by atoms with van der Waals surface area (Å²) in [5, 5.41) is 2.89. The van der Waals surface area contributed by atoms with Gasteiger partial charge in [-0.15, -0.1) is 0 Å². The van der Waals surface area contributed by atoms with E-state index in [1.807, 2.05) is 0 Å². The Hall–Kier alpha value is -1.78. The van der Waals surface area contributed by atoms with Gasteiger partial charge in [0.1, 0.15) is 11.6 Å². The van der Waals surface area contributed by atoms with Crippen LogP contribution in [0.5, 0.6) is 5.75 Å². The predicted molar refractivity (Wildman–Crippen MR) is 85.3 cm³/mol. The van der Waals surface area contributed by atoms with Crippen LogP contribution in [0, 0.1) is 5.82 Å². The van der Waals surface area contributed by atoms with Crippen LogP contribution in [0.2, 0.25) is 0 Å². The molecule has 2 aliphatic rings. The third kappa shape index (κ3) is 3.77. The van der Waals surface area contributed by atoms with Gasteiger partial charge in [0.25, 0.3) is 0 Å². The Bertz CT molecular complexity index is 568. The molecule has 0 atom stereocenters. The molecule has 0 saturated heterocycles. The molecule has 5 heteroatoms. The lowest BCUT2D eigenvalue weighted by atomic mass is 9.93. The Morgan fingerprint density at radius 1 is 1.22 bits per heavy atom. The van der Waals surface area contributed by atoms with Gasteiger partial charge >= 0.3 is 6.09 Å². The lowest BCUT2D eigenvalue weighted by Crippen LogP contribution is -2.40. The van der Waals surface area contributed by atoms with Gasteiger partial charge in [-0.2, -0.15) is 0 Å². The number of benzene rings is 1. The molecule has 1 fully saturated rings. The van der Waals surface area contributed by atoms with E-state index < -0.39 is 0 Å². The first-order valence-electron chi connectivity index (χ1n) is 8.57. The van der Waals surface area contributed by atoms with Crippen LogP contribution in [0.3, 0.4) is 0 Å². The van der Waals surface area contributed by atoms with Crippen LogP contribution in [0.25, 0.3) is 0 Å². The molecule has 0 bridgehead atoms. The summed E-state index contributed by atoms with van der Waals surface area (Å²) < 4.78 is 24.8. The second-order valence-corrected chi connectivity index (χ2v) is 6.31. The maximum Gasteiger partial charge on any atom is 0.407 e. The van der Waals surface area contributed by atoms with Crippen molar-refractivity contribution < 1.29 is 18.7 Å². The highest BCUT2D eigenvalue weighted by Crippen LogP contribution is 2.34. The van der Waals surface area contributed by atoms with Crippen molar-refractivity contribution in [1.82, 2.24) is 5.32 Å². The monoisotopic (exact) mass is 321 g/mol. The Morgan fingerprint density at radius 3 is 2.70 bits per heavy atom. The molecule has 1 aromatic rings. The Labute approximate surface area is 136 Å². The van der Waals surface area contributed by atoms with Crippen molar-refractivity contribution in [1.29, 1.82) is 0 Å². The molecule has 1 aromatic carbocycles.